The predicted molar refractivity (Wildman–Crippen MR) is 115 cm³/mol. The van der Waals surface area contributed by atoms with Gasteiger partial charge in [0, 0.05) is 25.5 Å². The number of hydrogen-bond acceptors (Lipinski definition) is 7. The highest BCUT2D eigenvalue weighted by molar-refractivity contribution is 7.14. The first-order valence-corrected chi connectivity index (χ1v) is 10.7. The molecule has 1 unspecified atom stereocenters. The molecule has 160 valence electrons. The van der Waals surface area contributed by atoms with E-state index in [0.717, 1.165) is 5.01 Å². The highest BCUT2D eigenvalue weighted by Gasteiger charge is 2.44. The van der Waals surface area contributed by atoms with E-state index in [0.29, 0.717) is 35.6 Å². The number of aromatic hydroxyl groups is 1. The van der Waals surface area contributed by atoms with Gasteiger partial charge in [0.1, 0.15) is 5.75 Å². The molecule has 0 bridgehead atoms. The average Bonchev–Trinajstić information content (AvgIpc) is 3.42. The van der Waals surface area contributed by atoms with Crippen molar-refractivity contribution in [2.24, 2.45) is 0 Å². The maximum absolute atomic E-state index is 13.4. The summed E-state index contributed by atoms with van der Waals surface area (Å²) in [5.41, 5.74) is 1.14. The summed E-state index contributed by atoms with van der Waals surface area (Å²) in [5, 5.41) is 21.4. The van der Waals surface area contributed by atoms with Crippen LogP contribution in [0.4, 0.5) is 0 Å². The van der Waals surface area contributed by atoms with Crippen LogP contribution in [0.2, 0.25) is 0 Å². The Morgan fingerprint density at radius 1 is 1.23 bits per heavy atom. The molecule has 3 aromatic rings. The number of aliphatic hydroxyl groups excluding tert-OH is 1. The number of carbonyl (C=O) groups is 2. The molecule has 0 saturated heterocycles. The van der Waals surface area contributed by atoms with Gasteiger partial charge in [-0.3, -0.25) is 9.59 Å². The number of Topliss-reactive ketones (excluding diaryl/α,β-unsaturated/α-hetero) is 1. The van der Waals surface area contributed by atoms with Crippen molar-refractivity contribution in [1.82, 2.24) is 19.4 Å². The van der Waals surface area contributed by atoms with Gasteiger partial charge >= 0.3 is 0 Å². The van der Waals surface area contributed by atoms with Crippen molar-refractivity contribution in [1.29, 1.82) is 0 Å². The molecule has 4 rings (SSSR count). The predicted octanol–water partition coefficient (Wildman–Crippen LogP) is 3.33. The number of imidazole rings is 1. The molecule has 1 aliphatic rings. The van der Waals surface area contributed by atoms with Crippen molar-refractivity contribution >= 4 is 23.0 Å². The van der Waals surface area contributed by atoms with Crippen LogP contribution in [0.5, 0.6) is 5.75 Å². The lowest BCUT2D eigenvalue weighted by atomic mass is 9.95. The van der Waals surface area contributed by atoms with E-state index in [4.69, 9.17) is 0 Å². The van der Waals surface area contributed by atoms with Crippen LogP contribution in [0.15, 0.2) is 54.3 Å². The number of hydrogen-bond donors (Lipinski definition) is 2. The fourth-order valence-corrected chi connectivity index (χ4v) is 4.74. The second kappa shape index (κ2) is 8.35. The average molecular weight is 439 g/mol. The van der Waals surface area contributed by atoms with E-state index in [9.17, 15) is 19.8 Å². The lowest BCUT2D eigenvalue weighted by Crippen LogP contribution is -2.32. The maximum atomic E-state index is 13.4. The van der Waals surface area contributed by atoms with Crippen molar-refractivity contribution in [2.45, 2.75) is 32.9 Å². The molecule has 0 aliphatic carbocycles. The van der Waals surface area contributed by atoms with Gasteiger partial charge in [-0.05, 0) is 38.0 Å². The van der Waals surface area contributed by atoms with Crippen LogP contribution in [-0.2, 0) is 11.3 Å². The number of aromatic nitrogens is 3. The number of benzene rings is 1. The van der Waals surface area contributed by atoms with E-state index >= 15 is 0 Å². The highest BCUT2D eigenvalue weighted by atomic mass is 32.1. The fourth-order valence-electron chi connectivity index (χ4n) is 3.86. The summed E-state index contributed by atoms with van der Waals surface area (Å²) < 4.78 is 1.90. The van der Waals surface area contributed by atoms with Crippen molar-refractivity contribution < 1.29 is 19.8 Å². The van der Waals surface area contributed by atoms with Gasteiger partial charge in [0.25, 0.3) is 5.91 Å². The van der Waals surface area contributed by atoms with Crippen LogP contribution in [0.25, 0.3) is 0 Å². The standard InChI is InChI=1S/C22H22N4O4S/c1-13-21(31-14(2)24-13)19(28)17-18(15-5-3-6-16(27)11-15)26(22(30)20(17)29)9-4-8-25-10-7-23-12-25/h3,5-7,10-12,18,27,29H,4,8-9H2,1-2H3. The van der Waals surface area contributed by atoms with E-state index in [1.165, 1.54) is 28.4 Å². The molecule has 0 spiro atoms. The molecule has 1 atom stereocenters. The second-order valence-corrected chi connectivity index (χ2v) is 8.59. The Morgan fingerprint density at radius 2 is 2.03 bits per heavy atom. The van der Waals surface area contributed by atoms with E-state index in [1.54, 1.807) is 38.5 Å². The minimum atomic E-state index is -0.795. The summed E-state index contributed by atoms with van der Waals surface area (Å²) in [7, 11) is 0. The first kappa shape index (κ1) is 20.8. The minimum absolute atomic E-state index is 0.0185. The van der Waals surface area contributed by atoms with E-state index in [-0.39, 0.29) is 11.3 Å². The zero-order valence-electron chi connectivity index (χ0n) is 17.1. The molecular formula is C22H22N4O4S. The van der Waals surface area contributed by atoms with Crippen LogP contribution in [-0.4, -0.2) is 47.9 Å². The molecule has 3 heterocycles. The van der Waals surface area contributed by atoms with Gasteiger partial charge in [0.15, 0.2) is 5.76 Å². The number of aliphatic hydroxyl groups is 1. The monoisotopic (exact) mass is 438 g/mol. The summed E-state index contributed by atoms with van der Waals surface area (Å²) in [6, 6.07) is 5.62. The van der Waals surface area contributed by atoms with Crippen molar-refractivity contribution in [3.63, 3.8) is 0 Å². The smallest absolute Gasteiger partial charge is 0.290 e. The quantitative estimate of drug-likeness (QED) is 0.548. The summed E-state index contributed by atoms with van der Waals surface area (Å²) in [4.78, 5) is 36.6. The van der Waals surface area contributed by atoms with Crippen molar-refractivity contribution in [3.05, 3.63) is 75.5 Å². The van der Waals surface area contributed by atoms with Gasteiger partial charge in [-0.25, -0.2) is 9.97 Å². The molecular weight excluding hydrogens is 416 g/mol. The van der Waals surface area contributed by atoms with Gasteiger partial charge in [0.05, 0.1) is 33.5 Å². The van der Waals surface area contributed by atoms with Crippen molar-refractivity contribution in [2.75, 3.05) is 6.54 Å². The molecule has 0 fully saturated rings. The minimum Gasteiger partial charge on any atom is -0.508 e. The maximum Gasteiger partial charge on any atom is 0.290 e. The normalized spacial score (nSPS) is 16.4. The Hall–Kier alpha value is -3.46. The number of thiazole rings is 1. The van der Waals surface area contributed by atoms with E-state index < -0.39 is 23.5 Å². The third-order valence-corrected chi connectivity index (χ3v) is 6.29. The van der Waals surface area contributed by atoms with Gasteiger partial charge < -0.3 is 19.7 Å². The van der Waals surface area contributed by atoms with Gasteiger partial charge in [-0.2, -0.15) is 0 Å². The first-order chi connectivity index (χ1) is 14.9. The molecule has 1 aromatic carbocycles. The van der Waals surface area contributed by atoms with Crippen LogP contribution in [0, 0.1) is 13.8 Å². The Kier molecular flexibility index (Phi) is 5.60. The van der Waals surface area contributed by atoms with Gasteiger partial charge in [-0.15, -0.1) is 11.3 Å². The second-order valence-electron chi connectivity index (χ2n) is 7.39. The summed E-state index contributed by atoms with van der Waals surface area (Å²) in [5.74, 6) is -1.54. The van der Waals surface area contributed by atoms with Crippen LogP contribution in [0.1, 0.15) is 38.4 Å². The SMILES string of the molecule is Cc1nc(C)c(C(=O)C2=C(O)C(=O)N(CCCn3ccnc3)C2c2cccc(O)c2)s1. The molecule has 8 nitrogen and oxygen atoms in total. The lowest BCUT2D eigenvalue weighted by Gasteiger charge is -2.27. The molecule has 2 aromatic heterocycles. The third kappa shape index (κ3) is 3.96. The molecule has 0 radical (unpaired) electrons. The van der Waals surface area contributed by atoms with Gasteiger partial charge in [0.2, 0.25) is 5.78 Å². The number of rotatable bonds is 7. The van der Waals surface area contributed by atoms with Crippen LogP contribution in [0.3, 0.4) is 0 Å². The highest BCUT2D eigenvalue weighted by Crippen LogP contribution is 2.40. The van der Waals surface area contributed by atoms with Gasteiger partial charge in [-0.1, -0.05) is 12.1 Å². The Bertz CT molecular complexity index is 1170. The Morgan fingerprint density at radius 3 is 2.68 bits per heavy atom. The molecule has 2 N–H and O–H groups in total. The molecule has 0 saturated carbocycles. The van der Waals surface area contributed by atoms with E-state index in [1.807, 2.05) is 10.8 Å². The van der Waals surface area contributed by atoms with Crippen LogP contribution >= 0.6 is 11.3 Å². The number of phenolic OH excluding ortho intramolecular Hbond substituents is 1. The number of ketones is 1. The van der Waals surface area contributed by atoms with Crippen molar-refractivity contribution in [3.8, 4) is 5.75 Å². The number of amides is 1. The Balaban J connectivity index is 1.70. The summed E-state index contributed by atoms with van der Waals surface area (Å²) >= 11 is 1.23. The van der Waals surface area contributed by atoms with E-state index in [2.05, 4.69) is 9.97 Å². The number of phenols is 1. The molecule has 1 aliphatic heterocycles. The summed E-state index contributed by atoms with van der Waals surface area (Å²) in [6.07, 6.45) is 5.81. The number of aryl methyl sites for hydroxylation is 3. The Labute approximate surface area is 183 Å². The zero-order valence-corrected chi connectivity index (χ0v) is 18.0. The third-order valence-electron chi connectivity index (χ3n) is 5.22. The molecule has 31 heavy (non-hydrogen) atoms. The fraction of sp³-hybridized carbons (Fsp3) is 0.273. The van der Waals surface area contributed by atoms with Crippen LogP contribution < -0.4 is 0 Å². The first-order valence-electron chi connectivity index (χ1n) is 9.84. The summed E-state index contributed by atoms with van der Waals surface area (Å²) in [6.45, 7) is 4.49. The lowest BCUT2D eigenvalue weighted by molar-refractivity contribution is -0.129. The molecule has 9 heteroatoms. The zero-order chi connectivity index (χ0) is 22.1. The number of carbonyl (C=O) groups excluding carboxylic acids is 2. The largest absolute Gasteiger partial charge is 0.508 e. The number of nitrogens with zero attached hydrogens (tertiary/aromatic N) is 4. The topological polar surface area (TPSA) is 109 Å². The molecule has 1 amide bonds.